The first-order valence-corrected chi connectivity index (χ1v) is 10.7. The van der Waals surface area contributed by atoms with Crippen LogP contribution in [0.3, 0.4) is 0 Å². The van der Waals surface area contributed by atoms with Crippen LogP contribution in [0.1, 0.15) is 32.2 Å². The molecule has 0 saturated carbocycles. The second-order valence-electron chi connectivity index (χ2n) is 8.88. The van der Waals surface area contributed by atoms with Crippen LogP contribution in [0.15, 0.2) is 30.6 Å². The van der Waals surface area contributed by atoms with Crippen LogP contribution in [0.2, 0.25) is 0 Å². The fourth-order valence-electron chi connectivity index (χ4n) is 3.84. The zero-order chi connectivity index (χ0) is 22.7. The first kappa shape index (κ1) is 21.8. The van der Waals surface area contributed by atoms with Crippen molar-refractivity contribution in [2.75, 3.05) is 26.2 Å². The van der Waals surface area contributed by atoms with Gasteiger partial charge in [0.05, 0.1) is 11.9 Å². The number of carbonyl (C=O) groups is 1. The van der Waals surface area contributed by atoms with Crippen molar-refractivity contribution in [3.8, 4) is 11.1 Å². The highest BCUT2D eigenvalue weighted by Crippen LogP contribution is 2.30. The highest BCUT2D eigenvalue weighted by molar-refractivity contribution is 5.95. The molecule has 0 radical (unpaired) electrons. The first-order valence-electron chi connectivity index (χ1n) is 10.7. The Morgan fingerprint density at radius 1 is 1.25 bits per heavy atom. The van der Waals surface area contributed by atoms with Gasteiger partial charge in [0, 0.05) is 61.8 Å². The normalized spacial score (nSPS) is 15.5. The Labute approximate surface area is 187 Å². The largest absolute Gasteiger partial charge is 0.444 e. The summed E-state index contributed by atoms with van der Waals surface area (Å²) in [6.07, 6.45) is 8.07. The second kappa shape index (κ2) is 8.96. The molecule has 3 N–H and O–H groups in total. The highest BCUT2D eigenvalue weighted by atomic mass is 16.6. The van der Waals surface area contributed by atoms with Crippen molar-refractivity contribution in [2.45, 2.75) is 32.9 Å². The maximum atomic E-state index is 12.3. The molecule has 1 saturated heterocycles. The molecule has 0 aromatic carbocycles. The summed E-state index contributed by atoms with van der Waals surface area (Å²) in [6.45, 7) is 9.28. The lowest BCUT2D eigenvalue weighted by molar-refractivity contribution is 0.0138. The fraction of sp³-hybridized carbons (Fsp3) is 0.391. The maximum Gasteiger partial charge on any atom is 0.410 e. The van der Waals surface area contributed by atoms with Crippen molar-refractivity contribution in [1.82, 2.24) is 30.0 Å². The third-order valence-corrected chi connectivity index (χ3v) is 5.32. The number of H-pyrrole nitrogens is 2. The van der Waals surface area contributed by atoms with E-state index < -0.39 is 5.60 Å². The predicted molar refractivity (Wildman–Crippen MR) is 125 cm³/mol. The van der Waals surface area contributed by atoms with Crippen molar-refractivity contribution in [3.63, 3.8) is 0 Å². The van der Waals surface area contributed by atoms with Crippen LogP contribution in [0.5, 0.6) is 0 Å². The third-order valence-electron chi connectivity index (χ3n) is 5.32. The summed E-state index contributed by atoms with van der Waals surface area (Å²) < 4.78 is 5.48. The Morgan fingerprint density at radius 3 is 2.75 bits per heavy atom. The van der Waals surface area contributed by atoms with Crippen LogP contribution in [0.4, 0.5) is 4.79 Å². The van der Waals surface area contributed by atoms with Gasteiger partial charge in [-0.15, -0.1) is 0 Å². The Morgan fingerprint density at radius 2 is 2.03 bits per heavy atom. The number of allylic oxidation sites excluding steroid dienone is 1. The molecule has 1 aliphatic rings. The minimum Gasteiger partial charge on any atom is -0.444 e. The predicted octanol–water partition coefficient (Wildman–Crippen LogP) is 3.67. The molecular formula is C23H29N7O2. The molecule has 1 aliphatic heterocycles. The molecule has 1 amide bonds. The lowest BCUT2D eigenvalue weighted by atomic mass is 10.0. The number of amides is 1. The summed E-state index contributed by atoms with van der Waals surface area (Å²) in [5, 5.41) is 15.4. The molecule has 0 spiro atoms. The molecule has 32 heavy (non-hydrogen) atoms. The van der Waals surface area contributed by atoms with Gasteiger partial charge in [0.15, 0.2) is 0 Å². The van der Waals surface area contributed by atoms with Crippen LogP contribution in [-0.2, 0) is 11.3 Å². The summed E-state index contributed by atoms with van der Waals surface area (Å²) in [5.74, 6) is 0. The van der Waals surface area contributed by atoms with Crippen LogP contribution in [0, 0.1) is 5.41 Å². The summed E-state index contributed by atoms with van der Waals surface area (Å²) in [6, 6.07) is 4.11. The van der Waals surface area contributed by atoms with Crippen molar-refractivity contribution in [2.24, 2.45) is 0 Å². The molecule has 3 aromatic rings. The Balaban J connectivity index is 1.47. The van der Waals surface area contributed by atoms with Crippen molar-refractivity contribution < 1.29 is 9.53 Å². The summed E-state index contributed by atoms with van der Waals surface area (Å²) in [7, 11) is 0. The smallest absolute Gasteiger partial charge is 0.410 e. The van der Waals surface area contributed by atoms with Crippen molar-refractivity contribution >= 4 is 29.4 Å². The van der Waals surface area contributed by atoms with Crippen LogP contribution >= 0.6 is 0 Å². The number of aromatic nitrogens is 4. The Kier molecular flexibility index (Phi) is 6.09. The SMILES string of the molecule is CC(C)(C)OC(=O)N1CCN(Cc2cc3c(-c4cn[nH]c4/C=C\C=N)ccnc3[nH]2)CC1. The quantitative estimate of drug-likeness (QED) is 0.529. The van der Waals surface area contributed by atoms with E-state index in [0.717, 1.165) is 53.2 Å². The minimum atomic E-state index is -0.479. The number of piperazine rings is 1. The van der Waals surface area contributed by atoms with Gasteiger partial charge >= 0.3 is 6.09 Å². The van der Waals surface area contributed by atoms with E-state index in [0.29, 0.717) is 13.1 Å². The summed E-state index contributed by atoms with van der Waals surface area (Å²) >= 11 is 0. The van der Waals surface area contributed by atoms with Gasteiger partial charge in [-0.25, -0.2) is 9.78 Å². The molecule has 0 atom stereocenters. The number of hydrogen-bond donors (Lipinski definition) is 3. The number of pyridine rings is 1. The van der Waals surface area contributed by atoms with E-state index in [-0.39, 0.29) is 6.09 Å². The monoisotopic (exact) mass is 435 g/mol. The van der Waals surface area contributed by atoms with Gasteiger partial charge in [0.25, 0.3) is 0 Å². The summed E-state index contributed by atoms with van der Waals surface area (Å²) in [5.41, 5.74) is 4.27. The van der Waals surface area contributed by atoms with E-state index in [2.05, 4.69) is 31.1 Å². The van der Waals surface area contributed by atoms with Crippen LogP contribution in [-0.4, -0.2) is 74.1 Å². The molecule has 9 heteroatoms. The summed E-state index contributed by atoms with van der Waals surface area (Å²) in [4.78, 5) is 24.3. The molecule has 1 fully saturated rings. The first-order chi connectivity index (χ1) is 15.3. The minimum absolute atomic E-state index is 0.246. The number of ether oxygens (including phenoxy) is 1. The molecule has 0 unspecified atom stereocenters. The third kappa shape index (κ3) is 4.88. The van der Waals surface area contributed by atoms with Crippen LogP contribution < -0.4 is 0 Å². The Bertz CT molecular complexity index is 1130. The van der Waals surface area contributed by atoms with E-state index in [1.807, 2.05) is 32.9 Å². The van der Waals surface area contributed by atoms with E-state index in [1.165, 1.54) is 6.21 Å². The molecule has 4 rings (SSSR count). The van der Waals surface area contributed by atoms with Gasteiger partial charge in [0.1, 0.15) is 11.2 Å². The zero-order valence-corrected chi connectivity index (χ0v) is 18.7. The number of aromatic amines is 2. The molecular weight excluding hydrogens is 406 g/mol. The van der Waals surface area contributed by atoms with Gasteiger partial charge in [-0.2, -0.15) is 5.10 Å². The molecule has 0 bridgehead atoms. The van der Waals surface area contributed by atoms with Gasteiger partial charge in [-0.3, -0.25) is 10.00 Å². The second-order valence-corrected chi connectivity index (χ2v) is 8.88. The molecule has 9 nitrogen and oxygen atoms in total. The number of hydrogen-bond acceptors (Lipinski definition) is 6. The number of fused-ring (bicyclic) bond motifs is 1. The lowest BCUT2D eigenvalue weighted by Gasteiger charge is -2.35. The van der Waals surface area contributed by atoms with Crippen molar-refractivity contribution in [1.29, 1.82) is 5.41 Å². The average molecular weight is 436 g/mol. The number of nitrogens with zero attached hydrogens (tertiary/aromatic N) is 4. The molecule has 168 valence electrons. The molecule has 3 aromatic heterocycles. The fourth-order valence-corrected chi connectivity index (χ4v) is 3.84. The standard InChI is InChI=1S/C23H29N7O2/c1-23(2,3)32-22(31)30-11-9-29(10-12-30)15-16-13-18-17(6-8-25-21(18)27-16)19-14-26-28-20(19)5-4-7-24/h4-8,13-14,24H,9-12,15H2,1-3H3,(H,25,27)(H,26,28)/b5-4-,24-7?. The van der Waals surface area contributed by atoms with E-state index in [9.17, 15) is 4.79 Å². The van der Waals surface area contributed by atoms with Gasteiger partial charge < -0.3 is 20.0 Å². The number of carbonyl (C=O) groups excluding carboxylic acids is 1. The highest BCUT2D eigenvalue weighted by Gasteiger charge is 2.26. The number of rotatable bonds is 5. The number of nitrogens with one attached hydrogen (secondary N) is 3. The van der Waals surface area contributed by atoms with Gasteiger partial charge in [-0.05, 0) is 50.6 Å². The van der Waals surface area contributed by atoms with Crippen LogP contribution in [0.25, 0.3) is 28.2 Å². The van der Waals surface area contributed by atoms with Gasteiger partial charge in [-0.1, -0.05) is 0 Å². The van der Waals surface area contributed by atoms with E-state index in [1.54, 1.807) is 23.4 Å². The zero-order valence-electron chi connectivity index (χ0n) is 18.7. The topological polar surface area (TPSA) is 114 Å². The van der Waals surface area contributed by atoms with E-state index >= 15 is 0 Å². The molecule has 4 heterocycles. The van der Waals surface area contributed by atoms with Gasteiger partial charge in [0.2, 0.25) is 0 Å². The average Bonchev–Trinajstić information content (AvgIpc) is 3.37. The Hall–Kier alpha value is -3.46. The van der Waals surface area contributed by atoms with Crippen molar-refractivity contribution in [3.05, 3.63) is 42.0 Å². The maximum absolute atomic E-state index is 12.3. The molecule has 0 aliphatic carbocycles. The lowest BCUT2D eigenvalue weighted by Crippen LogP contribution is -2.49. The van der Waals surface area contributed by atoms with E-state index in [4.69, 9.17) is 10.1 Å².